The van der Waals surface area contributed by atoms with Crippen molar-refractivity contribution in [3.63, 3.8) is 0 Å². The molecule has 0 aliphatic carbocycles. The lowest BCUT2D eigenvalue weighted by molar-refractivity contribution is -0.116. The first-order valence-electron chi connectivity index (χ1n) is 6.18. The number of rotatable bonds is 4. The van der Waals surface area contributed by atoms with E-state index in [4.69, 9.17) is 5.11 Å². The summed E-state index contributed by atoms with van der Waals surface area (Å²) in [6.07, 6.45) is 1.29. The molecule has 2 aromatic rings. The van der Waals surface area contributed by atoms with Crippen molar-refractivity contribution in [1.29, 1.82) is 0 Å². The molecule has 2 rings (SSSR count). The summed E-state index contributed by atoms with van der Waals surface area (Å²) in [7, 11) is 1.00. The molecule has 100 valence electrons. The van der Waals surface area contributed by atoms with E-state index >= 15 is 0 Å². The van der Waals surface area contributed by atoms with Crippen LogP contribution in [0.1, 0.15) is 12.0 Å². The lowest BCUT2D eigenvalue weighted by atomic mass is 10.1. The molecule has 1 amide bonds. The van der Waals surface area contributed by atoms with Gasteiger partial charge in [-0.25, -0.2) is 0 Å². The number of para-hydroxylation sites is 1. The molecule has 0 bridgehead atoms. The fourth-order valence-electron chi connectivity index (χ4n) is 1.65. The molecule has 0 saturated carbocycles. The van der Waals surface area contributed by atoms with Crippen LogP contribution in [0.15, 0.2) is 60.7 Å². The Hall–Kier alpha value is -2.13. The Bertz CT molecular complexity index is 469. The number of amides is 1. The molecule has 0 unspecified atom stereocenters. The average molecular weight is 257 g/mol. The van der Waals surface area contributed by atoms with Gasteiger partial charge in [-0.1, -0.05) is 48.5 Å². The highest BCUT2D eigenvalue weighted by Crippen LogP contribution is 2.07. The van der Waals surface area contributed by atoms with Gasteiger partial charge in [-0.15, -0.1) is 0 Å². The van der Waals surface area contributed by atoms with Crippen LogP contribution in [-0.2, 0) is 11.2 Å². The Balaban J connectivity index is 0.000000861. The van der Waals surface area contributed by atoms with Gasteiger partial charge in [0, 0.05) is 19.2 Å². The number of aliphatic hydroxyl groups is 1. The van der Waals surface area contributed by atoms with Crippen molar-refractivity contribution in [1.82, 2.24) is 0 Å². The van der Waals surface area contributed by atoms with Crippen LogP contribution in [0, 0.1) is 0 Å². The van der Waals surface area contributed by atoms with Crippen molar-refractivity contribution in [2.45, 2.75) is 12.8 Å². The Labute approximate surface area is 113 Å². The monoisotopic (exact) mass is 257 g/mol. The summed E-state index contributed by atoms with van der Waals surface area (Å²) in [5.74, 6) is 0.0556. The number of carbonyl (C=O) groups excluding carboxylic acids is 1. The molecule has 3 heteroatoms. The van der Waals surface area contributed by atoms with Crippen molar-refractivity contribution >= 4 is 11.6 Å². The zero-order valence-corrected chi connectivity index (χ0v) is 11.0. The number of anilines is 1. The van der Waals surface area contributed by atoms with Crippen molar-refractivity contribution in [3.8, 4) is 0 Å². The van der Waals surface area contributed by atoms with E-state index in [0.29, 0.717) is 6.42 Å². The van der Waals surface area contributed by atoms with Crippen molar-refractivity contribution in [2.24, 2.45) is 0 Å². The molecule has 0 heterocycles. The van der Waals surface area contributed by atoms with Gasteiger partial charge >= 0.3 is 0 Å². The fraction of sp³-hybridized carbons (Fsp3) is 0.188. The SMILES string of the molecule is CO.O=C(CCc1ccccc1)Nc1ccccc1. The Kier molecular flexibility index (Phi) is 6.98. The van der Waals surface area contributed by atoms with Crippen molar-refractivity contribution < 1.29 is 9.90 Å². The summed E-state index contributed by atoms with van der Waals surface area (Å²) >= 11 is 0. The van der Waals surface area contributed by atoms with Crippen LogP contribution >= 0.6 is 0 Å². The van der Waals surface area contributed by atoms with E-state index < -0.39 is 0 Å². The molecule has 0 saturated heterocycles. The Morgan fingerprint density at radius 3 is 2.05 bits per heavy atom. The summed E-state index contributed by atoms with van der Waals surface area (Å²) in [4.78, 5) is 11.7. The minimum Gasteiger partial charge on any atom is -0.400 e. The maximum absolute atomic E-state index is 11.7. The maximum Gasteiger partial charge on any atom is 0.224 e. The largest absolute Gasteiger partial charge is 0.400 e. The second-order valence-electron chi connectivity index (χ2n) is 3.90. The third kappa shape index (κ3) is 5.84. The average Bonchev–Trinajstić information content (AvgIpc) is 2.49. The zero-order chi connectivity index (χ0) is 13.9. The van der Waals surface area contributed by atoms with Crippen molar-refractivity contribution in [2.75, 3.05) is 12.4 Å². The van der Waals surface area contributed by atoms with Crippen LogP contribution in [0.3, 0.4) is 0 Å². The van der Waals surface area contributed by atoms with Crippen LogP contribution in [0.2, 0.25) is 0 Å². The van der Waals surface area contributed by atoms with Gasteiger partial charge in [-0.05, 0) is 24.1 Å². The first-order chi connectivity index (χ1) is 9.34. The number of aliphatic hydroxyl groups excluding tert-OH is 1. The zero-order valence-electron chi connectivity index (χ0n) is 11.0. The van der Waals surface area contributed by atoms with Gasteiger partial charge in [-0.2, -0.15) is 0 Å². The standard InChI is InChI=1S/C15H15NO.CH4O/c17-15(16-14-9-5-2-6-10-14)12-11-13-7-3-1-4-8-13;1-2/h1-10H,11-12H2,(H,16,17);2H,1H3. The first kappa shape index (κ1) is 14.9. The molecule has 0 aliphatic rings. The highest BCUT2D eigenvalue weighted by atomic mass is 16.2. The van der Waals surface area contributed by atoms with Crippen LogP contribution in [0.4, 0.5) is 5.69 Å². The van der Waals surface area contributed by atoms with Crippen LogP contribution in [0.5, 0.6) is 0 Å². The smallest absolute Gasteiger partial charge is 0.224 e. The highest BCUT2D eigenvalue weighted by molar-refractivity contribution is 5.90. The molecular formula is C16H19NO2. The molecule has 2 N–H and O–H groups in total. The Morgan fingerprint density at radius 2 is 1.47 bits per heavy atom. The molecular weight excluding hydrogens is 238 g/mol. The predicted octanol–water partition coefficient (Wildman–Crippen LogP) is 2.87. The number of hydrogen-bond acceptors (Lipinski definition) is 2. The van der Waals surface area contributed by atoms with Gasteiger partial charge in [0.15, 0.2) is 0 Å². The number of carbonyl (C=O) groups is 1. The summed E-state index contributed by atoms with van der Waals surface area (Å²) in [6, 6.07) is 19.6. The second-order valence-corrected chi connectivity index (χ2v) is 3.90. The summed E-state index contributed by atoms with van der Waals surface area (Å²) in [5.41, 5.74) is 2.04. The minimum absolute atomic E-state index is 0.0556. The molecule has 2 aromatic carbocycles. The van der Waals surface area contributed by atoms with Gasteiger partial charge in [0.1, 0.15) is 0 Å². The third-order valence-electron chi connectivity index (χ3n) is 2.54. The lowest BCUT2D eigenvalue weighted by Gasteiger charge is -2.04. The van der Waals surface area contributed by atoms with Crippen LogP contribution < -0.4 is 5.32 Å². The van der Waals surface area contributed by atoms with E-state index in [2.05, 4.69) is 5.32 Å². The van der Waals surface area contributed by atoms with E-state index in [1.165, 1.54) is 5.56 Å². The second kappa shape index (κ2) is 8.89. The number of aryl methyl sites for hydroxylation is 1. The summed E-state index contributed by atoms with van der Waals surface area (Å²) in [5, 5.41) is 9.87. The normalized spacial score (nSPS) is 9.16. The molecule has 0 atom stereocenters. The quantitative estimate of drug-likeness (QED) is 0.884. The number of hydrogen-bond donors (Lipinski definition) is 2. The number of nitrogens with one attached hydrogen (secondary N) is 1. The summed E-state index contributed by atoms with van der Waals surface area (Å²) in [6.45, 7) is 0. The molecule has 0 fully saturated rings. The van der Waals surface area contributed by atoms with Gasteiger partial charge in [0.25, 0.3) is 0 Å². The summed E-state index contributed by atoms with van der Waals surface area (Å²) < 4.78 is 0. The van der Waals surface area contributed by atoms with E-state index in [0.717, 1.165) is 19.2 Å². The van der Waals surface area contributed by atoms with E-state index in [9.17, 15) is 4.79 Å². The molecule has 0 spiro atoms. The van der Waals surface area contributed by atoms with Crippen LogP contribution in [-0.4, -0.2) is 18.1 Å². The van der Waals surface area contributed by atoms with E-state index in [-0.39, 0.29) is 5.91 Å². The molecule has 0 radical (unpaired) electrons. The van der Waals surface area contributed by atoms with Gasteiger partial charge in [-0.3, -0.25) is 4.79 Å². The highest BCUT2D eigenvalue weighted by Gasteiger charge is 2.02. The number of benzene rings is 2. The van der Waals surface area contributed by atoms with Crippen LogP contribution in [0.25, 0.3) is 0 Å². The Morgan fingerprint density at radius 1 is 0.947 bits per heavy atom. The van der Waals surface area contributed by atoms with Gasteiger partial charge in [0.05, 0.1) is 0 Å². The predicted molar refractivity (Wildman–Crippen MR) is 78.0 cm³/mol. The van der Waals surface area contributed by atoms with E-state index in [1.54, 1.807) is 0 Å². The van der Waals surface area contributed by atoms with Crippen molar-refractivity contribution in [3.05, 3.63) is 66.2 Å². The van der Waals surface area contributed by atoms with E-state index in [1.807, 2.05) is 60.7 Å². The molecule has 0 aromatic heterocycles. The topological polar surface area (TPSA) is 49.3 Å². The third-order valence-corrected chi connectivity index (χ3v) is 2.54. The molecule has 3 nitrogen and oxygen atoms in total. The lowest BCUT2D eigenvalue weighted by Crippen LogP contribution is -2.12. The molecule has 0 aliphatic heterocycles. The maximum atomic E-state index is 11.7. The van der Waals surface area contributed by atoms with Gasteiger partial charge < -0.3 is 10.4 Å². The minimum atomic E-state index is 0.0556. The first-order valence-corrected chi connectivity index (χ1v) is 6.18. The van der Waals surface area contributed by atoms with Gasteiger partial charge in [0.2, 0.25) is 5.91 Å². The molecule has 19 heavy (non-hydrogen) atoms. The fourth-order valence-corrected chi connectivity index (χ4v) is 1.65.